The van der Waals surface area contributed by atoms with Gasteiger partial charge in [0, 0.05) is 34.6 Å². The molecule has 0 spiro atoms. The largest absolute Gasteiger partial charge is 0.352 e. The van der Waals surface area contributed by atoms with Crippen LogP contribution < -0.4 is 5.32 Å². The highest BCUT2D eigenvalue weighted by Crippen LogP contribution is 2.22. The molecule has 118 valence electrons. The fraction of sp³-hybridized carbons (Fsp3) is 0.294. The minimum absolute atomic E-state index is 0. The Kier molecular flexibility index (Phi) is 7.99. The van der Waals surface area contributed by atoms with Crippen LogP contribution in [0.25, 0.3) is 0 Å². The van der Waals surface area contributed by atoms with Crippen molar-refractivity contribution < 1.29 is 4.79 Å². The number of amides is 1. The number of rotatable bonds is 6. The van der Waals surface area contributed by atoms with Crippen LogP contribution in [0.3, 0.4) is 0 Å². The number of nitrogens with zero attached hydrogens (tertiary/aromatic N) is 1. The molecule has 1 N–H and O–H groups in total. The van der Waals surface area contributed by atoms with Crippen molar-refractivity contribution in [1.82, 2.24) is 10.3 Å². The quantitative estimate of drug-likeness (QED) is 0.811. The van der Waals surface area contributed by atoms with Gasteiger partial charge in [0.25, 0.3) is 5.91 Å². The van der Waals surface area contributed by atoms with E-state index in [9.17, 15) is 4.79 Å². The van der Waals surface area contributed by atoms with E-state index in [0.29, 0.717) is 17.4 Å². The fourth-order valence-corrected chi connectivity index (χ4v) is 2.77. The number of carbonyl (C=O) groups excluding carboxylic acids is 1. The predicted octanol–water partition coefficient (Wildman–Crippen LogP) is 3.98. The van der Waals surface area contributed by atoms with Crippen LogP contribution in [0.4, 0.5) is 0 Å². The van der Waals surface area contributed by atoms with E-state index in [4.69, 9.17) is 0 Å². The van der Waals surface area contributed by atoms with Crippen LogP contribution in [0.5, 0.6) is 0 Å². The maximum Gasteiger partial charge on any atom is 0.251 e. The lowest BCUT2D eigenvalue weighted by molar-refractivity contribution is 0.0954. The van der Waals surface area contributed by atoms with Crippen LogP contribution in [0.1, 0.15) is 29.8 Å². The molecule has 1 amide bonds. The number of benzene rings is 1. The standard InChI is InChI=1S/C17H20N2OS.ClH/c1-13(2)21-16-5-3-14(4-6-16)7-12-19-17(20)15-8-10-18-11-9-15;/h3-6,8-11,13H,7,12H2,1-2H3,(H,19,20);1H. The lowest BCUT2D eigenvalue weighted by atomic mass is 10.1. The summed E-state index contributed by atoms with van der Waals surface area (Å²) in [4.78, 5) is 17.1. The third-order valence-corrected chi connectivity index (χ3v) is 3.95. The first-order valence-electron chi connectivity index (χ1n) is 7.09. The molecule has 0 aliphatic rings. The molecule has 1 heterocycles. The normalized spacial score (nSPS) is 10.1. The van der Waals surface area contributed by atoms with Gasteiger partial charge in [0.2, 0.25) is 0 Å². The molecule has 0 atom stereocenters. The second-order valence-corrected chi connectivity index (χ2v) is 6.70. The topological polar surface area (TPSA) is 42.0 Å². The monoisotopic (exact) mass is 336 g/mol. The maximum atomic E-state index is 11.9. The SMILES string of the molecule is CC(C)Sc1ccc(CCNC(=O)c2ccncc2)cc1.Cl. The van der Waals surface area contributed by atoms with Crippen LogP contribution >= 0.6 is 24.2 Å². The Hall–Kier alpha value is -1.52. The molecule has 0 aliphatic heterocycles. The minimum Gasteiger partial charge on any atom is -0.352 e. The van der Waals surface area contributed by atoms with Crippen molar-refractivity contribution in [2.45, 2.75) is 30.4 Å². The zero-order valence-electron chi connectivity index (χ0n) is 12.8. The van der Waals surface area contributed by atoms with Gasteiger partial charge in [-0.15, -0.1) is 24.2 Å². The summed E-state index contributed by atoms with van der Waals surface area (Å²) in [7, 11) is 0. The second-order valence-electron chi connectivity index (χ2n) is 5.05. The predicted molar refractivity (Wildman–Crippen MR) is 95.0 cm³/mol. The molecule has 0 saturated heterocycles. The lowest BCUT2D eigenvalue weighted by Gasteiger charge is -2.07. The van der Waals surface area contributed by atoms with Crippen molar-refractivity contribution in [3.8, 4) is 0 Å². The van der Waals surface area contributed by atoms with Crippen LogP contribution in [-0.2, 0) is 6.42 Å². The number of hydrogen-bond donors (Lipinski definition) is 1. The summed E-state index contributed by atoms with van der Waals surface area (Å²) in [5, 5.41) is 3.52. The van der Waals surface area contributed by atoms with Crippen LogP contribution in [-0.4, -0.2) is 22.7 Å². The molecule has 0 aliphatic carbocycles. The number of thioether (sulfide) groups is 1. The molecular formula is C17H21ClN2OS. The van der Waals surface area contributed by atoms with Crippen molar-refractivity contribution in [1.29, 1.82) is 0 Å². The lowest BCUT2D eigenvalue weighted by Crippen LogP contribution is -2.25. The fourth-order valence-electron chi connectivity index (χ4n) is 1.93. The Morgan fingerprint density at radius 3 is 2.36 bits per heavy atom. The Labute approximate surface area is 142 Å². The van der Waals surface area contributed by atoms with Crippen LogP contribution in [0.15, 0.2) is 53.7 Å². The van der Waals surface area contributed by atoms with Crippen molar-refractivity contribution >= 4 is 30.1 Å². The third-order valence-electron chi connectivity index (χ3n) is 2.94. The number of halogens is 1. The summed E-state index contributed by atoms with van der Waals surface area (Å²) < 4.78 is 0. The molecule has 2 rings (SSSR count). The van der Waals surface area contributed by atoms with Crippen molar-refractivity contribution in [3.05, 3.63) is 59.9 Å². The molecule has 3 nitrogen and oxygen atoms in total. The summed E-state index contributed by atoms with van der Waals surface area (Å²) >= 11 is 1.86. The van der Waals surface area contributed by atoms with Gasteiger partial charge < -0.3 is 5.32 Å². The molecule has 1 aromatic carbocycles. The van der Waals surface area contributed by atoms with Gasteiger partial charge in [0.15, 0.2) is 0 Å². The number of pyridine rings is 1. The summed E-state index contributed by atoms with van der Waals surface area (Å²) in [6.45, 7) is 5.01. The molecular weight excluding hydrogens is 316 g/mol. The molecule has 0 radical (unpaired) electrons. The van der Waals surface area contributed by atoms with E-state index >= 15 is 0 Å². The van der Waals surface area contributed by atoms with E-state index in [2.05, 4.69) is 48.4 Å². The first-order valence-corrected chi connectivity index (χ1v) is 7.97. The smallest absolute Gasteiger partial charge is 0.251 e. The number of aromatic nitrogens is 1. The second kappa shape index (κ2) is 9.49. The van der Waals surface area contributed by atoms with Gasteiger partial charge in [-0.25, -0.2) is 0 Å². The van der Waals surface area contributed by atoms with Crippen molar-refractivity contribution in [2.24, 2.45) is 0 Å². The Balaban J connectivity index is 0.00000242. The van der Waals surface area contributed by atoms with E-state index in [1.807, 2.05) is 11.8 Å². The van der Waals surface area contributed by atoms with Gasteiger partial charge in [-0.2, -0.15) is 0 Å². The van der Waals surface area contributed by atoms with Crippen LogP contribution in [0.2, 0.25) is 0 Å². The molecule has 0 bridgehead atoms. The van der Waals surface area contributed by atoms with Gasteiger partial charge >= 0.3 is 0 Å². The molecule has 0 unspecified atom stereocenters. The number of carbonyl (C=O) groups is 1. The van der Waals surface area contributed by atoms with Crippen molar-refractivity contribution in [2.75, 3.05) is 6.54 Å². The van der Waals surface area contributed by atoms with Gasteiger partial charge in [0.1, 0.15) is 0 Å². The molecule has 22 heavy (non-hydrogen) atoms. The molecule has 1 aromatic heterocycles. The van der Waals surface area contributed by atoms with Gasteiger partial charge in [-0.05, 0) is 36.2 Å². The first-order chi connectivity index (χ1) is 10.1. The van der Waals surface area contributed by atoms with Gasteiger partial charge in [0.05, 0.1) is 0 Å². The zero-order valence-corrected chi connectivity index (χ0v) is 14.4. The zero-order chi connectivity index (χ0) is 15.1. The molecule has 0 saturated carbocycles. The first kappa shape index (κ1) is 18.5. The van der Waals surface area contributed by atoms with E-state index in [0.717, 1.165) is 6.42 Å². The number of hydrogen-bond acceptors (Lipinski definition) is 3. The minimum atomic E-state index is -0.0515. The van der Waals surface area contributed by atoms with E-state index in [1.54, 1.807) is 24.5 Å². The highest BCUT2D eigenvalue weighted by Gasteiger charge is 2.04. The Morgan fingerprint density at radius 1 is 1.14 bits per heavy atom. The summed E-state index contributed by atoms with van der Waals surface area (Å²) in [5.41, 5.74) is 1.88. The molecule has 0 fully saturated rings. The average molecular weight is 337 g/mol. The highest BCUT2D eigenvalue weighted by molar-refractivity contribution is 7.99. The van der Waals surface area contributed by atoms with E-state index in [1.165, 1.54) is 10.5 Å². The van der Waals surface area contributed by atoms with Crippen molar-refractivity contribution in [3.63, 3.8) is 0 Å². The van der Waals surface area contributed by atoms with E-state index in [-0.39, 0.29) is 18.3 Å². The van der Waals surface area contributed by atoms with Gasteiger partial charge in [-0.3, -0.25) is 9.78 Å². The number of nitrogens with one attached hydrogen (secondary N) is 1. The molecule has 5 heteroatoms. The highest BCUT2D eigenvalue weighted by atomic mass is 35.5. The third kappa shape index (κ3) is 6.08. The maximum absolute atomic E-state index is 11.9. The molecule has 2 aromatic rings. The van der Waals surface area contributed by atoms with E-state index < -0.39 is 0 Å². The Bertz CT molecular complexity index is 573. The summed E-state index contributed by atoms with van der Waals surface area (Å²) in [5.74, 6) is -0.0515. The summed E-state index contributed by atoms with van der Waals surface area (Å²) in [6, 6.07) is 12.0. The van der Waals surface area contributed by atoms with Crippen LogP contribution in [0, 0.1) is 0 Å². The average Bonchev–Trinajstić information content (AvgIpc) is 2.49. The summed E-state index contributed by atoms with van der Waals surface area (Å²) in [6.07, 6.45) is 4.09. The van der Waals surface area contributed by atoms with Gasteiger partial charge in [-0.1, -0.05) is 26.0 Å². The Morgan fingerprint density at radius 2 is 1.77 bits per heavy atom.